The van der Waals surface area contributed by atoms with Crippen LogP contribution in [0.3, 0.4) is 0 Å². The third kappa shape index (κ3) is 5.47. The smallest absolute Gasteiger partial charge is 0.265 e. The van der Waals surface area contributed by atoms with Crippen LogP contribution in [0.4, 0.5) is 11.4 Å². The van der Waals surface area contributed by atoms with Gasteiger partial charge in [-0.1, -0.05) is 35.0 Å². The molecule has 0 aliphatic carbocycles. The first-order chi connectivity index (χ1) is 11.0. The van der Waals surface area contributed by atoms with Gasteiger partial charge in [0.25, 0.3) is 5.91 Å². The summed E-state index contributed by atoms with van der Waals surface area (Å²) in [5, 5.41) is 6.56. The standard InChI is InChI=1S/C18H21N3O2/c1-14-4-8-16(9-5-14)20-18(22)13-23-19-12-15-6-10-17(11-7-15)21(2)3/h4-12H,13H2,1-3H3,(H,20,22)/b19-12-. The Labute approximate surface area is 136 Å². The Balaban J connectivity index is 1.77. The fourth-order valence-electron chi connectivity index (χ4n) is 1.89. The van der Waals surface area contributed by atoms with E-state index in [1.807, 2.05) is 74.4 Å². The molecule has 0 aliphatic heterocycles. The molecule has 1 amide bonds. The molecule has 2 aromatic carbocycles. The highest BCUT2D eigenvalue weighted by Gasteiger charge is 2.02. The van der Waals surface area contributed by atoms with Gasteiger partial charge in [0.15, 0.2) is 6.61 Å². The van der Waals surface area contributed by atoms with E-state index in [0.717, 1.165) is 22.5 Å². The average molecular weight is 311 g/mol. The van der Waals surface area contributed by atoms with E-state index in [4.69, 9.17) is 4.84 Å². The molecule has 5 nitrogen and oxygen atoms in total. The molecule has 0 spiro atoms. The van der Waals surface area contributed by atoms with E-state index in [2.05, 4.69) is 10.5 Å². The minimum Gasteiger partial charge on any atom is -0.386 e. The lowest BCUT2D eigenvalue weighted by Crippen LogP contribution is -2.16. The van der Waals surface area contributed by atoms with Gasteiger partial charge in [0.2, 0.25) is 0 Å². The van der Waals surface area contributed by atoms with E-state index >= 15 is 0 Å². The minimum absolute atomic E-state index is 0.125. The molecule has 120 valence electrons. The van der Waals surface area contributed by atoms with Gasteiger partial charge >= 0.3 is 0 Å². The number of nitrogens with zero attached hydrogens (tertiary/aromatic N) is 2. The first-order valence-electron chi connectivity index (χ1n) is 7.34. The van der Waals surface area contributed by atoms with Crippen LogP contribution in [0.5, 0.6) is 0 Å². The first kappa shape index (κ1) is 16.5. The Morgan fingerprint density at radius 1 is 1.13 bits per heavy atom. The summed E-state index contributed by atoms with van der Waals surface area (Å²) in [5.41, 5.74) is 3.91. The molecule has 0 saturated carbocycles. The molecule has 0 radical (unpaired) electrons. The van der Waals surface area contributed by atoms with Gasteiger partial charge in [-0.15, -0.1) is 0 Å². The maximum atomic E-state index is 11.7. The molecule has 2 aromatic rings. The van der Waals surface area contributed by atoms with Gasteiger partial charge in [-0.25, -0.2) is 0 Å². The van der Waals surface area contributed by atoms with Gasteiger partial charge in [0, 0.05) is 25.5 Å². The number of benzene rings is 2. The Morgan fingerprint density at radius 3 is 2.39 bits per heavy atom. The largest absolute Gasteiger partial charge is 0.386 e. The van der Waals surface area contributed by atoms with Crippen LogP contribution in [0.2, 0.25) is 0 Å². The van der Waals surface area contributed by atoms with Crippen molar-refractivity contribution >= 4 is 23.5 Å². The lowest BCUT2D eigenvalue weighted by molar-refractivity contribution is -0.120. The van der Waals surface area contributed by atoms with E-state index in [1.54, 1.807) is 6.21 Å². The molecule has 0 aliphatic rings. The number of anilines is 2. The predicted octanol–water partition coefficient (Wildman–Crippen LogP) is 3.05. The molecule has 1 N–H and O–H groups in total. The molecule has 0 unspecified atom stereocenters. The van der Waals surface area contributed by atoms with Crippen molar-refractivity contribution in [1.29, 1.82) is 0 Å². The fourth-order valence-corrected chi connectivity index (χ4v) is 1.89. The summed E-state index contributed by atoms with van der Waals surface area (Å²) in [5.74, 6) is -0.242. The maximum Gasteiger partial charge on any atom is 0.265 e. The van der Waals surface area contributed by atoms with Crippen molar-refractivity contribution in [3.8, 4) is 0 Å². The quantitative estimate of drug-likeness (QED) is 0.659. The third-order valence-electron chi connectivity index (χ3n) is 3.22. The summed E-state index contributed by atoms with van der Waals surface area (Å²) in [6.07, 6.45) is 1.58. The molecule has 5 heteroatoms. The van der Waals surface area contributed by atoms with Gasteiger partial charge in [-0.05, 0) is 36.8 Å². The van der Waals surface area contributed by atoms with Gasteiger partial charge < -0.3 is 15.1 Å². The summed E-state index contributed by atoms with van der Waals surface area (Å²) in [6.45, 7) is 1.87. The van der Waals surface area contributed by atoms with Gasteiger partial charge in [0.05, 0.1) is 6.21 Å². The van der Waals surface area contributed by atoms with Crippen molar-refractivity contribution in [1.82, 2.24) is 0 Å². The molecule has 0 heterocycles. The van der Waals surface area contributed by atoms with Crippen molar-refractivity contribution in [2.24, 2.45) is 5.16 Å². The highest BCUT2D eigenvalue weighted by molar-refractivity contribution is 5.91. The molecule has 0 saturated heterocycles. The molecule has 0 atom stereocenters. The maximum absolute atomic E-state index is 11.7. The van der Waals surface area contributed by atoms with Crippen LogP contribution in [0.25, 0.3) is 0 Å². The molecule has 0 bridgehead atoms. The Bertz CT molecular complexity index is 662. The third-order valence-corrected chi connectivity index (χ3v) is 3.22. The number of carbonyl (C=O) groups is 1. The van der Waals surface area contributed by atoms with Crippen molar-refractivity contribution in [3.05, 3.63) is 59.7 Å². The zero-order chi connectivity index (χ0) is 16.7. The van der Waals surface area contributed by atoms with Crippen LogP contribution in [0.15, 0.2) is 53.7 Å². The van der Waals surface area contributed by atoms with Crippen molar-refractivity contribution in [2.45, 2.75) is 6.92 Å². The number of nitrogens with one attached hydrogen (secondary N) is 1. The van der Waals surface area contributed by atoms with Crippen LogP contribution >= 0.6 is 0 Å². The van der Waals surface area contributed by atoms with Crippen LogP contribution in [0.1, 0.15) is 11.1 Å². The Morgan fingerprint density at radius 2 is 1.78 bits per heavy atom. The zero-order valence-corrected chi connectivity index (χ0v) is 13.6. The fraction of sp³-hybridized carbons (Fsp3) is 0.222. The topological polar surface area (TPSA) is 53.9 Å². The van der Waals surface area contributed by atoms with Crippen LogP contribution in [0, 0.1) is 6.92 Å². The lowest BCUT2D eigenvalue weighted by atomic mass is 10.2. The van der Waals surface area contributed by atoms with Gasteiger partial charge in [-0.2, -0.15) is 0 Å². The number of hydrogen-bond donors (Lipinski definition) is 1. The van der Waals surface area contributed by atoms with E-state index < -0.39 is 0 Å². The minimum atomic E-state index is -0.242. The van der Waals surface area contributed by atoms with Crippen LogP contribution < -0.4 is 10.2 Å². The SMILES string of the molecule is Cc1ccc(NC(=O)CO/N=C\c2ccc(N(C)C)cc2)cc1. The number of oxime groups is 1. The zero-order valence-electron chi connectivity index (χ0n) is 13.6. The van der Waals surface area contributed by atoms with Gasteiger partial charge in [0.1, 0.15) is 0 Å². The normalized spacial score (nSPS) is 10.6. The van der Waals surface area contributed by atoms with E-state index in [-0.39, 0.29) is 12.5 Å². The van der Waals surface area contributed by atoms with Crippen molar-refractivity contribution in [3.63, 3.8) is 0 Å². The summed E-state index contributed by atoms with van der Waals surface area (Å²) >= 11 is 0. The van der Waals surface area contributed by atoms with E-state index in [1.165, 1.54) is 0 Å². The van der Waals surface area contributed by atoms with Crippen LogP contribution in [-0.4, -0.2) is 32.8 Å². The Kier molecular flexibility index (Phi) is 5.74. The second kappa shape index (κ2) is 7.98. The molecular formula is C18H21N3O2. The number of aryl methyl sites for hydroxylation is 1. The average Bonchev–Trinajstić information content (AvgIpc) is 2.54. The highest BCUT2D eigenvalue weighted by Crippen LogP contribution is 2.11. The molecule has 2 rings (SSSR count). The number of rotatable bonds is 6. The second-order valence-electron chi connectivity index (χ2n) is 5.41. The first-order valence-corrected chi connectivity index (χ1v) is 7.34. The highest BCUT2D eigenvalue weighted by atomic mass is 16.6. The monoisotopic (exact) mass is 311 g/mol. The van der Waals surface area contributed by atoms with Crippen molar-refractivity contribution in [2.75, 3.05) is 30.9 Å². The molecular weight excluding hydrogens is 290 g/mol. The predicted molar refractivity (Wildman–Crippen MR) is 94.1 cm³/mol. The van der Waals surface area contributed by atoms with Gasteiger partial charge in [-0.3, -0.25) is 4.79 Å². The number of amides is 1. The number of hydrogen-bond acceptors (Lipinski definition) is 4. The molecule has 0 fully saturated rings. The summed E-state index contributed by atoms with van der Waals surface area (Å²) in [4.78, 5) is 18.8. The second-order valence-corrected chi connectivity index (χ2v) is 5.41. The Hall–Kier alpha value is -2.82. The lowest BCUT2D eigenvalue weighted by Gasteiger charge is -2.11. The summed E-state index contributed by atoms with van der Waals surface area (Å²) in [6, 6.07) is 15.4. The molecule has 23 heavy (non-hydrogen) atoms. The summed E-state index contributed by atoms with van der Waals surface area (Å²) < 4.78 is 0. The van der Waals surface area contributed by atoms with E-state index in [0.29, 0.717) is 0 Å². The number of carbonyl (C=O) groups excluding carboxylic acids is 1. The van der Waals surface area contributed by atoms with E-state index in [9.17, 15) is 4.79 Å². The van der Waals surface area contributed by atoms with Crippen molar-refractivity contribution < 1.29 is 9.63 Å². The molecule has 0 aromatic heterocycles. The summed E-state index contributed by atoms with van der Waals surface area (Å²) in [7, 11) is 3.97. The van der Waals surface area contributed by atoms with Crippen LogP contribution in [-0.2, 0) is 9.63 Å².